The highest BCUT2D eigenvalue weighted by Crippen LogP contribution is 2.52. The summed E-state index contributed by atoms with van der Waals surface area (Å²) < 4.78 is 11.5. The second kappa shape index (κ2) is 4.88. The van der Waals surface area contributed by atoms with Gasteiger partial charge in [-0.25, -0.2) is 0 Å². The first-order valence-electron chi connectivity index (χ1n) is 6.89. The van der Waals surface area contributed by atoms with E-state index in [0.717, 1.165) is 31.2 Å². The predicted octanol–water partition coefficient (Wildman–Crippen LogP) is 3.65. The first-order chi connectivity index (χ1) is 9.12. The van der Waals surface area contributed by atoms with E-state index in [9.17, 15) is 5.11 Å². The van der Waals surface area contributed by atoms with Gasteiger partial charge in [-0.3, -0.25) is 0 Å². The van der Waals surface area contributed by atoms with Crippen LogP contribution in [0.1, 0.15) is 44.1 Å². The van der Waals surface area contributed by atoms with Crippen LogP contribution in [-0.2, 0) is 5.60 Å². The molecule has 1 aromatic rings. The van der Waals surface area contributed by atoms with E-state index in [4.69, 9.17) is 21.1 Å². The summed E-state index contributed by atoms with van der Waals surface area (Å²) in [6.07, 6.45) is 6.32. The quantitative estimate of drug-likeness (QED) is 0.916. The van der Waals surface area contributed by atoms with Crippen molar-refractivity contribution >= 4 is 11.6 Å². The fourth-order valence-electron chi connectivity index (χ4n) is 2.75. The molecule has 2 saturated carbocycles. The van der Waals surface area contributed by atoms with Gasteiger partial charge in [0.05, 0.1) is 18.8 Å². The summed E-state index contributed by atoms with van der Waals surface area (Å²) in [5.74, 6) is 1.30. The highest BCUT2D eigenvalue weighted by atomic mass is 35.5. The van der Waals surface area contributed by atoms with Crippen LogP contribution in [0.4, 0.5) is 0 Å². The summed E-state index contributed by atoms with van der Waals surface area (Å²) in [7, 11) is 1.61. The Morgan fingerprint density at radius 2 is 1.95 bits per heavy atom. The summed E-state index contributed by atoms with van der Waals surface area (Å²) in [5, 5.41) is 11.0. The van der Waals surface area contributed by atoms with Crippen molar-refractivity contribution in [2.75, 3.05) is 7.11 Å². The van der Waals surface area contributed by atoms with Crippen LogP contribution in [-0.4, -0.2) is 18.3 Å². The molecule has 0 amide bonds. The number of hydrogen-bond acceptors (Lipinski definition) is 3. The Hall–Kier alpha value is -0.930. The van der Waals surface area contributed by atoms with Crippen molar-refractivity contribution in [2.24, 2.45) is 0 Å². The minimum absolute atomic E-state index is 0.233. The largest absolute Gasteiger partial charge is 0.493 e. The Kier molecular flexibility index (Phi) is 3.35. The second-order valence-electron chi connectivity index (χ2n) is 5.54. The van der Waals surface area contributed by atoms with E-state index in [0.29, 0.717) is 16.5 Å². The standard InChI is InChI=1S/C15H19ClO3/c1-18-13-9-10(16)8-12(15(17)6-7-15)14(13)19-11-4-2-3-5-11/h8-9,11,17H,2-7H2,1H3. The van der Waals surface area contributed by atoms with E-state index in [1.54, 1.807) is 19.2 Å². The zero-order valence-electron chi connectivity index (χ0n) is 11.1. The second-order valence-corrected chi connectivity index (χ2v) is 5.98. The van der Waals surface area contributed by atoms with Crippen molar-refractivity contribution in [3.63, 3.8) is 0 Å². The van der Waals surface area contributed by atoms with Gasteiger partial charge in [0.2, 0.25) is 0 Å². The van der Waals surface area contributed by atoms with Gasteiger partial charge in [-0.05, 0) is 44.6 Å². The lowest BCUT2D eigenvalue weighted by Gasteiger charge is -2.22. The maximum Gasteiger partial charge on any atom is 0.167 e. The number of benzene rings is 1. The van der Waals surface area contributed by atoms with Crippen molar-refractivity contribution in [1.82, 2.24) is 0 Å². The lowest BCUT2D eigenvalue weighted by Crippen LogP contribution is -2.16. The molecule has 0 radical (unpaired) electrons. The fraction of sp³-hybridized carbons (Fsp3) is 0.600. The smallest absolute Gasteiger partial charge is 0.167 e. The number of ether oxygens (including phenoxy) is 2. The summed E-state index contributed by atoms with van der Waals surface area (Å²) in [6.45, 7) is 0. The maximum atomic E-state index is 10.4. The highest BCUT2D eigenvalue weighted by Gasteiger charge is 2.45. The molecule has 0 spiro atoms. The van der Waals surface area contributed by atoms with Gasteiger partial charge in [-0.15, -0.1) is 0 Å². The fourth-order valence-corrected chi connectivity index (χ4v) is 2.96. The van der Waals surface area contributed by atoms with Crippen LogP contribution in [0.15, 0.2) is 12.1 Å². The molecule has 0 heterocycles. The van der Waals surface area contributed by atoms with Gasteiger partial charge < -0.3 is 14.6 Å². The van der Waals surface area contributed by atoms with Crippen molar-refractivity contribution in [3.8, 4) is 11.5 Å². The van der Waals surface area contributed by atoms with Crippen molar-refractivity contribution in [1.29, 1.82) is 0 Å². The van der Waals surface area contributed by atoms with Crippen LogP contribution in [0.3, 0.4) is 0 Å². The van der Waals surface area contributed by atoms with Crippen molar-refractivity contribution in [3.05, 3.63) is 22.7 Å². The zero-order valence-corrected chi connectivity index (χ0v) is 11.9. The third-order valence-electron chi connectivity index (χ3n) is 4.05. The van der Waals surface area contributed by atoms with Gasteiger partial charge in [-0.1, -0.05) is 11.6 Å². The molecule has 0 bridgehead atoms. The lowest BCUT2D eigenvalue weighted by molar-refractivity contribution is 0.136. The van der Waals surface area contributed by atoms with E-state index in [1.165, 1.54) is 12.8 Å². The molecule has 0 aromatic heterocycles. The average Bonchev–Trinajstić information content (AvgIpc) is 2.94. The number of methoxy groups -OCH3 is 1. The highest BCUT2D eigenvalue weighted by molar-refractivity contribution is 6.30. The van der Waals surface area contributed by atoms with Gasteiger partial charge in [0.25, 0.3) is 0 Å². The van der Waals surface area contributed by atoms with Crippen LogP contribution in [0.25, 0.3) is 0 Å². The number of halogens is 1. The first-order valence-corrected chi connectivity index (χ1v) is 7.27. The first kappa shape index (κ1) is 13.1. The molecule has 2 aliphatic carbocycles. The normalized spacial score (nSPS) is 21.4. The minimum Gasteiger partial charge on any atom is -0.493 e. The van der Waals surface area contributed by atoms with Crippen LogP contribution in [0.5, 0.6) is 11.5 Å². The molecule has 2 fully saturated rings. The van der Waals surface area contributed by atoms with E-state index in [2.05, 4.69) is 0 Å². The van der Waals surface area contributed by atoms with Gasteiger partial charge in [0.1, 0.15) is 0 Å². The molecule has 0 unspecified atom stereocenters. The van der Waals surface area contributed by atoms with Gasteiger partial charge in [-0.2, -0.15) is 0 Å². The summed E-state index contributed by atoms with van der Waals surface area (Å²) >= 11 is 6.10. The monoisotopic (exact) mass is 282 g/mol. The summed E-state index contributed by atoms with van der Waals surface area (Å²) in [5.41, 5.74) is 0.00954. The predicted molar refractivity (Wildman–Crippen MR) is 74.0 cm³/mol. The third kappa shape index (κ3) is 2.54. The Morgan fingerprint density at radius 1 is 1.26 bits per heavy atom. The molecule has 3 rings (SSSR count). The Morgan fingerprint density at radius 3 is 2.53 bits per heavy atom. The molecule has 19 heavy (non-hydrogen) atoms. The zero-order chi connectivity index (χ0) is 13.5. The molecule has 1 N–H and O–H groups in total. The molecule has 4 heteroatoms. The average molecular weight is 283 g/mol. The molecule has 0 saturated heterocycles. The molecular weight excluding hydrogens is 264 g/mol. The number of rotatable bonds is 4. The SMILES string of the molecule is COc1cc(Cl)cc(C2(O)CC2)c1OC1CCCC1. The minimum atomic E-state index is -0.772. The van der Waals surface area contributed by atoms with E-state index in [-0.39, 0.29) is 6.10 Å². The van der Waals surface area contributed by atoms with E-state index in [1.807, 2.05) is 0 Å². The van der Waals surface area contributed by atoms with Crippen LogP contribution in [0.2, 0.25) is 5.02 Å². The van der Waals surface area contributed by atoms with E-state index >= 15 is 0 Å². The number of hydrogen-bond donors (Lipinski definition) is 1. The summed E-state index contributed by atoms with van der Waals surface area (Å²) in [6, 6.07) is 3.56. The molecule has 2 aliphatic rings. The molecular formula is C15H19ClO3. The van der Waals surface area contributed by atoms with Crippen LogP contribution >= 0.6 is 11.6 Å². The molecule has 3 nitrogen and oxygen atoms in total. The van der Waals surface area contributed by atoms with Gasteiger partial charge >= 0.3 is 0 Å². The maximum absolute atomic E-state index is 10.4. The molecule has 0 atom stereocenters. The molecule has 104 valence electrons. The van der Waals surface area contributed by atoms with E-state index < -0.39 is 5.60 Å². The van der Waals surface area contributed by atoms with Crippen LogP contribution < -0.4 is 9.47 Å². The number of aliphatic hydroxyl groups is 1. The Labute approximate surface area is 118 Å². The Balaban J connectivity index is 1.98. The lowest BCUT2D eigenvalue weighted by atomic mass is 10.1. The topological polar surface area (TPSA) is 38.7 Å². The van der Waals surface area contributed by atoms with Crippen molar-refractivity contribution in [2.45, 2.75) is 50.2 Å². The summed E-state index contributed by atoms with van der Waals surface area (Å²) in [4.78, 5) is 0. The van der Waals surface area contributed by atoms with Gasteiger partial charge in [0, 0.05) is 16.7 Å². The van der Waals surface area contributed by atoms with Gasteiger partial charge in [0.15, 0.2) is 11.5 Å². The van der Waals surface area contributed by atoms with Crippen LogP contribution in [0, 0.1) is 0 Å². The van der Waals surface area contributed by atoms with Crippen molar-refractivity contribution < 1.29 is 14.6 Å². The molecule has 1 aromatic carbocycles. The Bertz CT molecular complexity index is 477. The molecule has 0 aliphatic heterocycles. The third-order valence-corrected chi connectivity index (χ3v) is 4.27.